The lowest BCUT2D eigenvalue weighted by molar-refractivity contribution is -0.179. The van der Waals surface area contributed by atoms with Crippen molar-refractivity contribution in [2.45, 2.75) is 50.1 Å². The summed E-state index contributed by atoms with van der Waals surface area (Å²) >= 11 is 1.27. The lowest BCUT2D eigenvalue weighted by atomic mass is 9.56. The van der Waals surface area contributed by atoms with Gasteiger partial charge in [0.05, 0.1) is 23.5 Å². The van der Waals surface area contributed by atoms with Gasteiger partial charge in [0.15, 0.2) is 0 Å². The van der Waals surface area contributed by atoms with Crippen molar-refractivity contribution in [2.75, 3.05) is 0 Å². The van der Waals surface area contributed by atoms with E-state index in [-0.39, 0.29) is 30.0 Å². The van der Waals surface area contributed by atoms with Gasteiger partial charge in [0.25, 0.3) is 0 Å². The van der Waals surface area contributed by atoms with Gasteiger partial charge in [0, 0.05) is 10.3 Å². The number of alkyl halides is 3. The zero-order valence-electron chi connectivity index (χ0n) is 22.8. The fraction of sp³-hybridized carbons (Fsp3) is 0.303. The Kier molecular flexibility index (Phi) is 10.7. The number of rotatable bonds is 2. The van der Waals surface area contributed by atoms with Crippen LogP contribution in [0.1, 0.15) is 43.9 Å². The zero-order valence-corrected chi connectivity index (χ0v) is 23.6. The largest absolute Gasteiger partial charge is 0.392 e. The number of terminal acetylenes is 2. The summed E-state index contributed by atoms with van der Waals surface area (Å²) < 4.78 is 54.8. The van der Waals surface area contributed by atoms with E-state index < -0.39 is 12.1 Å². The summed E-state index contributed by atoms with van der Waals surface area (Å²) in [6, 6.07) is 16.1. The first-order chi connectivity index (χ1) is 19.7. The van der Waals surface area contributed by atoms with Gasteiger partial charge in [-0.2, -0.15) is 18.3 Å². The molecule has 0 amide bonds. The number of hydrogen-bond donors (Lipinski definition) is 1. The molecule has 3 atom stereocenters. The third kappa shape index (κ3) is 6.96. The van der Waals surface area contributed by atoms with Crippen molar-refractivity contribution in [3.05, 3.63) is 95.1 Å². The van der Waals surface area contributed by atoms with E-state index in [2.05, 4.69) is 43.8 Å². The fourth-order valence-corrected chi connectivity index (χ4v) is 6.29. The topological polar surface area (TPSA) is 43.8 Å². The fourth-order valence-electron chi connectivity index (χ4n) is 5.97. The minimum absolute atomic E-state index is 0.00576. The van der Waals surface area contributed by atoms with Gasteiger partial charge < -0.3 is 0 Å². The van der Waals surface area contributed by atoms with E-state index >= 15 is 0 Å². The second kappa shape index (κ2) is 13.8. The number of fused-ring (bicyclic) bond motifs is 4. The van der Waals surface area contributed by atoms with Crippen LogP contribution in [0.2, 0.25) is 0 Å². The number of aromatic nitrogens is 2. The van der Waals surface area contributed by atoms with E-state index in [9.17, 15) is 17.6 Å². The minimum Gasteiger partial charge on any atom is -0.274 e. The number of allylic oxidation sites excluding steroid dienone is 3. The van der Waals surface area contributed by atoms with Crippen LogP contribution in [-0.4, -0.2) is 16.0 Å². The molecule has 3 aromatic rings. The molecular formula is C33H33F4N3S. The molecular weight excluding hydrogens is 546 g/mol. The molecule has 1 fully saturated rings. The highest BCUT2D eigenvalue weighted by molar-refractivity contribution is 7.97. The van der Waals surface area contributed by atoms with Gasteiger partial charge in [-0.15, -0.1) is 25.7 Å². The van der Waals surface area contributed by atoms with Gasteiger partial charge in [-0.1, -0.05) is 42.3 Å². The predicted octanol–water partition coefficient (Wildman–Crippen LogP) is 8.42. The van der Waals surface area contributed by atoms with E-state index in [4.69, 9.17) is 5.14 Å². The third-order valence-electron chi connectivity index (χ3n) is 7.89. The summed E-state index contributed by atoms with van der Waals surface area (Å²) in [4.78, 5) is 1.10. The average molecular weight is 580 g/mol. The van der Waals surface area contributed by atoms with Crippen LogP contribution >= 0.6 is 11.9 Å². The summed E-state index contributed by atoms with van der Waals surface area (Å²) in [6.07, 6.45) is 20.3. The SMILES string of the molecule is C#C.C#C.C[C@]12Cc3cnn(-c4ccc(F)cc4)c3C=C1CCC1C[C@H](C(F)(F)F)CC=C12.NSc1ccccc1. The molecule has 3 aliphatic rings. The van der Waals surface area contributed by atoms with Crippen molar-refractivity contribution in [1.29, 1.82) is 0 Å². The molecule has 0 saturated heterocycles. The number of nitrogens with zero attached hydrogens (tertiary/aromatic N) is 2. The van der Waals surface area contributed by atoms with Crippen LogP contribution in [0.3, 0.4) is 0 Å². The number of nitrogens with two attached hydrogens (primary N) is 1. The van der Waals surface area contributed by atoms with Gasteiger partial charge in [0.2, 0.25) is 0 Å². The van der Waals surface area contributed by atoms with Crippen molar-refractivity contribution in [1.82, 2.24) is 9.78 Å². The Balaban J connectivity index is 0.000000327. The standard InChI is InChI=1S/C23H22F4N2.C6H7NS.2C2H2/c1-22-12-15-13-28-29(19-7-5-18(24)6-8-19)21(15)11-16(22)3-2-14-10-17(23(25,26)27)4-9-20(14)22;7-8-6-4-2-1-3-5-6;2*1-2/h5-9,11,13-14,17H,2-4,10,12H2,1H3;1-5H,7H2;2*1-2H/t14?,17-,22+;;;/m1.../s1. The maximum Gasteiger partial charge on any atom is 0.392 e. The maximum absolute atomic E-state index is 13.3. The third-order valence-corrected chi connectivity index (χ3v) is 8.44. The normalized spacial score (nSPS) is 22.2. The molecule has 41 heavy (non-hydrogen) atoms. The highest BCUT2D eigenvalue weighted by atomic mass is 32.2. The van der Waals surface area contributed by atoms with Gasteiger partial charge in [-0.3, -0.25) is 5.14 Å². The minimum atomic E-state index is -4.12. The average Bonchev–Trinajstić information content (AvgIpc) is 3.40. The van der Waals surface area contributed by atoms with Crippen molar-refractivity contribution in [3.8, 4) is 31.4 Å². The van der Waals surface area contributed by atoms with E-state index in [0.717, 1.165) is 41.1 Å². The van der Waals surface area contributed by atoms with Crippen LogP contribution < -0.4 is 5.14 Å². The monoisotopic (exact) mass is 579 g/mol. The maximum atomic E-state index is 13.3. The van der Waals surface area contributed by atoms with E-state index in [1.807, 2.05) is 47.3 Å². The van der Waals surface area contributed by atoms with Gasteiger partial charge >= 0.3 is 6.18 Å². The van der Waals surface area contributed by atoms with Gasteiger partial charge in [0.1, 0.15) is 5.82 Å². The van der Waals surface area contributed by atoms with E-state index in [0.29, 0.717) is 0 Å². The van der Waals surface area contributed by atoms with Crippen molar-refractivity contribution in [3.63, 3.8) is 0 Å². The molecule has 1 unspecified atom stereocenters. The van der Waals surface area contributed by atoms with Crippen LogP contribution in [0.25, 0.3) is 11.8 Å². The van der Waals surface area contributed by atoms with Crippen molar-refractivity contribution >= 4 is 18.0 Å². The first-order valence-electron chi connectivity index (χ1n) is 13.1. The molecule has 0 radical (unpaired) electrons. The molecule has 8 heteroatoms. The summed E-state index contributed by atoms with van der Waals surface area (Å²) in [6.45, 7) is 2.17. The van der Waals surface area contributed by atoms with Crippen LogP contribution in [0.5, 0.6) is 0 Å². The van der Waals surface area contributed by atoms with Gasteiger partial charge in [-0.25, -0.2) is 9.07 Å². The molecule has 1 heterocycles. The Morgan fingerprint density at radius 1 is 1.02 bits per heavy atom. The molecule has 214 valence electrons. The zero-order chi connectivity index (χ0) is 30.2. The van der Waals surface area contributed by atoms with Crippen LogP contribution in [0.4, 0.5) is 17.6 Å². The van der Waals surface area contributed by atoms with Crippen LogP contribution in [0, 0.1) is 48.8 Å². The Bertz CT molecular complexity index is 1390. The predicted molar refractivity (Wildman–Crippen MR) is 159 cm³/mol. The molecule has 6 rings (SSSR count). The Morgan fingerprint density at radius 3 is 2.27 bits per heavy atom. The van der Waals surface area contributed by atoms with Gasteiger partial charge in [-0.05, 0) is 98.0 Å². The molecule has 0 aliphatic heterocycles. The summed E-state index contributed by atoms with van der Waals surface area (Å²) in [5.41, 5.74) is 5.08. The molecule has 0 spiro atoms. The molecule has 0 bridgehead atoms. The Labute approximate surface area is 244 Å². The summed E-state index contributed by atoms with van der Waals surface area (Å²) in [5.74, 6) is -1.50. The van der Waals surface area contributed by atoms with Crippen molar-refractivity contribution < 1.29 is 17.6 Å². The highest BCUT2D eigenvalue weighted by Crippen LogP contribution is 2.57. The molecule has 2 N–H and O–H groups in total. The second-order valence-corrected chi connectivity index (χ2v) is 10.9. The number of hydrogen-bond acceptors (Lipinski definition) is 3. The smallest absolute Gasteiger partial charge is 0.274 e. The second-order valence-electron chi connectivity index (χ2n) is 10.2. The molecule has 3 aliphatic carbocycles. The lowest BCUT2D eigenvalue weighted by Crippen LogP contribution is -2.39. The number of halogens is 4. The Hall–Kier alpha value is -3.72. The molecule has 2 aromatic carbocycles. The molecule has 1 saturated carbocycles. The van der Waals surface area contributed by atoms with Crippen molar-refractivity contribution in [2.24, 2.45) is 22.4 Å². The van der Waals surface area contributed by atoms with Crippen LogP contribution in [-0.2, 0) is 6.42 Å². The quantitative estimate of drug-likeness (QED) is 0.143. The highest BCUT2D eigenvalue weighted by Gasteiger charge is 2.49. The molecule has 3 nitrogen and oxygen atoms in total. The lowest BCUT2D eigenvalue weighted by Gasteiger charge is -2.48. The summed E-state index contributed by atoms with van der Waals surface area (Å²) in [7, 11) is 0. The molecule has 1 aromatic heterocycles. The van der Waals surface area contributed by atoms with E-state index in [1.165, 1.54) is 35.2 Å². The Morgan fingerprint density at radius 2 is 1.68 bits per heavy atom. The first-order valence-corrected chi connectivity index (χ1v) is 14.0. The summed E-state index contributed by atoms with van der Waals surface area (Å²) in [5, 5.41) is 9.78. The van der Waals surface area contributed by atoms with Crippen LogP contribution in [0.15, 0.2) is 82.9 Å². The number of benzene rings is 2. The van der Waals surface area contributed by atoms with E-state index in [1.54, 1.807) is 12.1 Å². The first kappa shape index (κ1) is 31.8.